The molecular weight excluding hydrogens is 264 g/mol. The van der Waals surface area contributed by atoms with Crippen LogP contribution in [0.2, 0.25) is 0 Å². The molecule has 1 fully saturated rings. The van der Waals surface area contributed by atoms with Crippen molar-refractivity contribution in [1.29, 1.82) is 0 Å². The van der Waals surface area contributed by atoms with E-state index in [1.807, 2.05) is 36.2 Å². The minimum atomic E-state index is -0.915. The van der Waals surface area contributed by atoms with Gasteiger partial charge < -0.3 is 10.0 Å². The number of benzene rings is 1. The standard InChI is InChI=1S/C17H20N2O2/c1-19(11-12-6-2-3-7-12)16-14(17(20)21)10-13-8-4-5-9-15(13)18-16/h4-5,8-10,12H,2-3,6-7,11H2,1H3,(H,20,21). The number of carbonyl (C=O) groups is 1. The van der Waals surface area contributed by atoms with Crippen molar-refractivity contribution in [1.82, 2.24) is 4.98 Å². The molecule has 0 atom stereocenters. The molecule has 3 rings (SSSR count). The summed E-state index contributed by atoms with van der Waals surface area (Å²) < 4.78 is 0. The van der Waals surface area contributed by atoms with Gasteiger partial charge in [0.2, 0.25) is 0 Å². The molecule has 1 aromatic carbocycles. The number of hydrogen-bond donors (Lipinski definition) is 1. The second kappa shape index (κ2) is 5.72. The maximum Gasteiger partial charge on any atom is 0.339 e. The summed E-state index contributed by atoms with van der Waals surface area (Å²) in [7, 11) is 1.95. The summed E-state index contributed by atoms with van der Waals surface area (Å²) >= 11 is 0. The minimum Gasteiger partial charge on any atom is -0.478 e. The molecular formula is C17H20N2O2. The number of nitrogens with zero attached hydrogens (tertiary/aromatic N) is 2. The number of rotatable bonds is 4. The number of carboxylic acids is 1. The number of para-hydroxylation sites is 1. The van der Waals surface area contributed by atoms with E-state index in [1.165, 1.54) is 25.7 Å². The number of carboxylic acid groups (broad SMARTS) is 1. The lowest BCUT2D eigenvalue weighted by Gasteiger charge is -2.23. The van der Waals surface area contributed by atoms with Gasteiger partial charge in [0, 0.05) is 19.0 Å². The van der Waals surface area contributed by atoms with Gasteiger partial charge in [-0.3, -0.25) is 0 Å². The van der Waals surface area contributed by atoms with Crippen LogP contribution in [0, 0.1) is 5.92 Å². The molecule has 1 heterocycles. The van der Waals surface area contributed by atoms with Crippen molar-refractivity contribution in [3.8, 4) is 0 Å². The zero-order valence-corrected chi connectivity index (χ0v) is 12.2. The fraction of sp³-hybridized carbons (Fsp3) is 0.412. The normalized spacial score (nSPS) is 15.5. The Balaban J connectivity index is 1.98. The van der Waals surface area contributed by atoms with Gasteiger partial charge in [0.05, 0.1) is 5.52 Å². The van der Waals surface area contributed by atoms with Crippen LogP contribution in [-0.4, -0.2) is 29.7 Å². The van der Waals surface area contributed by atoms with E-state index in [-0.39, 0.29) is 5.56 Å². The molecule has 0 bridgehead atoms. The smallest absolute Gasteiger partial charge is 0.339 e. The highest BCUT2D eigenvalue weighted by Gasteiger charge is 2.21. The summed E-state index contributed by atoms with van der Waals surface area (Å²) in [5, 5.41) is 10.3. The lowest BCUT2D eigenvalue weighted by molar-refractivity contribution is 0.0697. The van der Waals surface area contributed by atoms with Crippen LogP contribution < -0.4 is 4.90 Å². The van der Waals surface area contributed by atoms with E-state index in [1.54, 1.807) is 6.07 Å². The molecule has 1 saturated carbocycles. The molecule has 1 aliphatic carbocycles. The van der Waals surface area contributed by atoms with Crippen LogP contribution in [0.5, 0.6) is 0 Å². The average Bonchev–Trinajstić information content (AvgIpc) is 2.98. The molecule has 1 aliphatic rings. The molecule has 1 N–H and O–H groups in total. The fourth-order valence-corrected chi connectivity index (χ4v) is 3.22. The van der Waals surface area contributed by atoms with Gasteiger partial charge in [0.25, 0.3) is 0 Å². The lowest BCUT2D eigenvalue weighted by atomic mass is 10.1. The van der Waals surface area contributed by atoms with Gasteiger partial charge in [-0.2, -0.15) is 0 Å². The van der Waals surface area contributed by atoms with E-state index >= 15 is 0 Å². The van der Waals surface area contributed by atoms with Crippen LogP contribution >= 0.6 is 0 Å². The second-order valence-electron chi connectivity index (χ2n) is 5.89. The van der Waals surface area contributed by atoms with E-state index in [2.05, 4.69) is 4.98 Å². The molecule has 0 saturated heterocycles. The molecule has 110 valence electrons. The number of anilines is 1. The SMILES string of the molecule is CN(CC1CCCC1)c1nc2ccccc2cc1C(=O)O. The molecule has 0 amide bonds. The third-order valence-corrected chi connectivity index (χ3v) is 4.30. The predicted octanol–water partition coefficient (Wildman–Crippen LogP) is 3.56. The zero-order chi connectivity index (χ0) is 14.8. The van der Waals surface area contributed by atoms with Crippen LogP contribution in [-0.2, 0) is 0 Å². The second-order valence-corrected chi connectivity index (χ2v) is 5.89. The van der Waals surface area contributed by atoms with Crippen molar-refractivity contribution in [3.05, 3.63) is 35.9 Å². The number of aromatic carboxylic acids is 1. The number of fused-ring (bicyclic) bond motifs is 1. The van der Waals surface area contributed by atoms with Gasteiger partial charge in [0.15, 0.2) is 0 Å². The van der Waals surface area contributed by atoms with Crippen LogP contribution in [0.15, 0.2) is 30.3 Å². The van der Waals surface area contributed by atoms with Crippen LogP contribution in [0.25, 0.3) is 10.9 Å². The minimum absolute atomic E-state index is 0.286. The van der Waals surface area contributed by atoms with Gasteiger partial charge in [-0.1, -0.05) is 31.0 Å². The van der Waals surface area contributed by atoms with Crippen molar-refractivity contribution in [2.24, 2.45) is 5.92 Å². The molecule has 4 heteroatoms. The van der Waals surface area contributed by atoms with E-state index in [9.17, 15) is 9.90 Å². The number of pyridine rings is 1. The first-order valence-corrected chi connectivity index (χ1v) is 7.49. The lowest BCUT2D eigenvalue weighted by Crippen LogP contribution is -2.26. The summed E-state index contributed by atoms with van der Waals surface area (Å²) in [5.74, 6) is 0.319. The Morgan fingerprint density at radius 1 is 1.33 bits per heavy atom. The summed E-state index contributed by atoms with van der Waals surface area (Å²) in [6, 6.07) is 9.38. The summed E-state index contributed by atoms with van der Waals surface area (Å²) in [6.45, 7) is 0.881. The van der Waals surface area contributed by atoms with Crippen LogP contribution in [0.3, 0.4) is 0 Å². The first kappa shape index (κ1) is 13.9. The Morgan fingerprint density at radius 3 is 2.76 bits per heavy atom. The first-order valence-electron chi connectivity index (χ1n) is 7.49. The third-order valence-electron chi connectivity index (χ3n) is 4.30. The van der Waals surface area contributed by atoms with Crippen molar-refractivity contribution in [2.75, 3.05) is 18.5 Å². The highest BCUT2D eigenvalue weighted by Crippen LogP contribution is 2.28. The molecule has 2 aromatic rings. The van der Waals surface area contributed by atoms with E-state index < -0.39 is 5.97 Å². The van der Waals surface area contributed by atoms with Crippen molar-refractivity contribution in [3.63, 3.8) is 0 Å². The monoisotopic (exact) mass is 284 g/mol. The summed E-state index contributed by atoms with van der Waals surface area (Å²) in [6.07, 6.45) is 5.05. The van der Waals surface area contributed by atoms with Gasteiger partial charge >= 0.3 is 5.97 Å². The molecule has 4 nitrogen and oxygen atoms in total. The highest BCUT2D eigenvalue weighted by atomic mass is 16.4. The Hall–Kier alpha value is -2.10. The molecule has 0 unspecified atom stereocenters. The van der Waals surface area contributed by atoms with Crippen LogP contribution in [0.4, 0.5) is 5.82 Å². The van der Waals surface area contributed by atoms with Gasteiger partial charge in [-0.25, -0.2) is 9.78 Å². The molecule has 0 radical (unpaired) electrons. The van der Waals surface area contributed by atoms with E-state index in [4.69, 9.17) is 0 Å². The van der Waals surface area contributed by atoms with Gasteiger partial charge in [-0.15, -0.1) is 0 Å². The van der Waals surface area contributed by atoms with Gasteiger partial charge in [0.1, 0.15) is 11.4 Å². The van der Waals surface area contributed by atoms with E-state index in [0.29, 0.717) is 11.7 Å². The molecule has 1 aromatic heterocycles. The Labute approximate surface area is 124 Å². The highest BCUT2D eigenvalue weighted by molar-refractivity contribution is 5.98. The Morgan fingerprint density at radius 2 is 2.05 bits per heavy atom. The zero-order valence-electron chi connectivity index (χ0n) is 12.2. The maximum atomic E-state index is 11.5. The predicted molar refractivity (Wildman–Crippen MR) is 83.9 cm³/mol. The summed E-state index contributed by atoms with van der Waals surface area (Å²) in [4.78, 5) is 18.1. The topological polar surface area (TPSA) is 53.4 Å². The van der Waals surface area contributed by atoms with Crippen molar-refractivity contribution < 1.29 is 9.90 Å². The average molecular weight is 284 g/mol. The number of hydrogen-bond acceptors (Lipinski definition) is 3. The fourth-order valence-electron chi connectivity index (χ4n) is 3.22. The van der Waals surface area contributed by atoms with E-state index in [0.717, 1.165) is 17.4 Å². The molecule has 21 heavy (non-hydrogen) atoms. The Kier molecular flexibility index (Phi) is 3.78. The largest absolute Gasteiger partial charge is 0.478 e. The van der Waals surface area contributed by atoms with Crippen LogP contribution in [0.1, 0.15) is 36.0 Å². The van der Waals surface area contributed by atoms with Gasteiger partial charge in [-0.05, 0) is 30.9 Å². The molecule has 0 aliphatic heterocycles. The third kappa shape index (κ3) is 2.84. The van der Waals surface area contributed by atoms with Crippen molar-refractivity contribution in [2.45, 2.75) is 25.7 Å². The molecule has 0 spiro atoms. The number of aromatic nitrogens is 1. The van der Waals surface area contributed by atoms with Crippen molar-refractivity contribution >= 4 is 22.7 Å². The maximum absolute atomic E-state index is 11.5. The first-order chi connectivity index (χ1) is 10.1. The quantitative estimate of drug-likeness (QED) is 0.932. The summed E-state index contributed by atoms with van der Waals surface area (Å²) in [5.41, 5.74) is 1.13. The Bertz CT molecular complexity index is 663.